The van der Waals surface area contributed by atoms with Gasteiger partial charge in [-0.3, -0.25) is 19.3 Å². The zero-order valence-corrected chi connectivity index (χ0v) is 24.1. The number of anilines is 1. The zero-order chi connectivity index (χ0) is 25.7. The Morgan fingerprint density at radius 1 is 1.03 bits per heavy atom. The van der Waals surface area contributed by atoms with Crippen LogP contribution in [0.3, 0.4) is 0 Å². The van der Waals surface area contributed by atoms with E-state index < -0.39 is 17.1 Å². The summed E-state index contributed by atoms with van der Waals surface area (Å²) in [6, 6.07) is 20.4. The highest BCUT2D eigenvalue weighted by Gasteiger charge is 2.36. The lowest BCUT2D eigenvalue weighted by Crippen LogP contribution is -2.36. The van der Waals surface area contributed by atoms with Crippen LogP contribution in [0.4, 0.5) is 10.5 Å². The lowest BCUT2D eigenvalue weighted by Gasteiger charge is -2.12. The average molecular weight is 726 g/mol. The Balaban J connectivity index is 1.38. The number of nitrogens with one attached hydrogen (secondary N) is 1. The van der Waals surface area contributed by atoms with Crippen molar-refractivity contribution >= 4 is 85.8 Å². The van der Waals surface area contributed by atoms with E-state index >= 15 is 0 Å². The third kappa shape index (κ3) is 6.79. The Hall–Kier alpha value is -2.58. The zero-order valence-electron chi connectivity index (χ0n) is 19.0. The maximum Gasteiger partial charge on any atom is 0.294 e. The van der Waals surface area contributed by atoms with Crippen molar-refractivity contribution in [2.45, 2.75) is 6.61 Å². The third-order valence-electron chi connectivity index (χ3n) is 5.11. The summed E-state index contributed by atoms with van der Waals surface area (Å²) in [5, 5.41) is 2.20. The van der Waals surface area contributed by atoms with Crippen LogP contribution >= 0.6 is 56.9 Å². The molecular formula is C26H20I2N2O5S. The second-order valence-corrected chi connectivity index (χ2v) is 11.1. The molecule has 0 spiro atoms. The van der Waals surface area contributed by atoms with E-state index in [1.54, 1.807) is 37.5 Å². The predicted octanol–water partition coefficient (Wildman–Crippen LogP) is 6.16. The van der Waals surface area contributed by atoms with Crippen molar-refractivity contribution in [3.05, 3.63) is 89.9 Å². The fourth-order valence-corrected chi connectivity index (χ4v) is 5.16. The van der Waals surface area contributed by atoms with Gasteiger partial charge in [-0.2, -0.15) is 0 Å². The molecule has 0 aromatic heterocycles. The topological polar surface area (TPSA) is 84.9 Å². The number of ether oxygens (including phenoxy) is 2. The van der Waals surface area contributed by atoms with Crippen LogP contribution in [0.5, 0.6) is 11.5 Å². The number of nitrogens with zero attached hydrogens (tertiary/aromatic N) is 1. The highest BCUT2D eigenvalue weighted by atomic mass is 127. The van der Waals surface area contributed by atoms with Crippen LogP contribution < -0.4 is 14.8 Å². The molecule has 3 aromatic rings. The second-order valence-electron chi connectivity index (χ2n) is 7.65. The van der Waals surface area contributed by atoms with Gasteiger partial charge in [0.25, 0.3) is 11.1 Å². The molecule has 1 aliphatic rings. The van der Waals surface area contributed by atoms with Gasteiger partial charge in [0, 0.05) is 9.26 Å². The first kappa shape index (κ1) is 26.5. The van der Waals surface area contributed by atoms with E-state index in [4.69, 9.17) is 9.47 Å². The van der Waals surface area contributed by atoms with Crippen molar-refractivity contribution in [2.24, 2.45) is 0 Å². The monoisotopic (exact) mass is 726 g/mol. The molecule has 1 saturated heterocycles. The summed E-state index contributed by atoms with van der Waals surface area (Å²) in [6.45, 7) is 0.0840. The fraction of sp³-hybridized carbons (Fsp3) is 0.115. The molecule has 0 radical (unpaired) electrons. The molecule has 36 heavy (non-hydrogen) atoms. The van der Waals surface area contributed by atoms with Gasteiger partial charge in [0.05, 0.1) is 15.6 Å². The minimum Gasteiger partial charge on any atom is -0.497 e. The molecule has 4 rings (SSSR count). The summed E-state index contributed by atoms with van der Waals surface area (Å²) in [7, 11) is 1.55. The van der Waals surface area contributed by atoms with Gasteiger partial charge in [0.1, 0.15) is 24.7 Å². The number of carbonyl (C=O) groups excluding carboxylic acids is 3. The van der Waals surface area contributed by atoms with Crippen LogP contribution in [0.2, 0.25) is 0 Å². The summed E-state index contributed by atoms with van der Waals surface area (Å²) in [5.41, 5.74) is 2.37. The molecule has 0 saturated carbocycles. The van der Waals surface area contributed by atoms with E-state index in [-0.39, 0.29) is 11.4 Å². The number of hydrogen-bond donors (Lipinski definition) is 1. The molecule has 0 aliphatic carbocycles. The standard InChI is InChI=1S/C26H20I2N2O5S/c1-34-20-9-7-19(8-10-20)29-24(31)14-30-25(32)23(36-26(30)33)13-17-4-11-22(21(28)12-17)35-15-16-2-5-18(27)6-3-16/h2-13H,14-15H2,1H3,(H,29,31)/b23-13+. The molecule has 1 heterocycles. The number of amides is 3. The molecule has 10 heteroatoms. The molecule has 0 atom stereocenters. The van der Waals surface area contributed by atoms with Gasteiger partial charge in [-0.05, 0) is 123 Å². The molecule has 1 fully saturated rings. The highest BCUT2D eigenvalue weighted by Crippen LogP contribution is 2.33. The van der Waals surface area contributed by atoms with Crippen molar-refractivity contribution in [2.75, 3.05) is 19.0 Å². The summed E-state index contributed by atoms with van der Waals surface area (Å²) in [5.74, 6) is 0.427. The van der Waals surface area contributed by atoms with Gasteiger partial charge < -0.3 is 14.8 Å². The van der Waals surface area contributed by atoms with E-state index in [1.165, 1.54) is 0 Å². The second kappa shape index (κ2) is 12.1. The van der Waals surface area contributed by atoms with Crippen LogP contribution in [0.1, 0.15) is 11.1 Å². The van der Waals surface area contributed by atoms with Crippen LogP contribution in [-0.4, -0.2) is 35.6 Å². The average Bonchev–Trinajstić information content (AvgIpc) is 3.12. The maximum absolute atomic E-state index is 12.8. The minimum atomic E-state index is -0.496. The van der Waals surface area contributed by atoms with Gasteiger partial charge >= 0.3 is 0 Å². The van der Waals surface area contributed by atoms with E-state index in [1.807, 2.05) is 42.5 Å². The molecule has 1 N–H and O–H groups in total. The minimum absolute atomic E-state index is 0.264. The molecular weight excluding hydrogens is 706 g/mol. The Morgan fingerprint density at radius 3 is 2.42 bits per heavy atom. The first-order chi connectivity index (χ1) is 17.3. The smallest absolute Gasteiger partial charge is 0.294 e. The number of hydrogen-bond acceptors (Lipinski definition) is 6. The van der Waals surface area contributed by atoms with E-state index in [9.17, 15) is 14.4 Å². The summed E-state index contributed by atoms with van der Waals surface area (Å²) in [4.78, 5) is 38.9. The van der Waals surface area contributed by atoms with Gasteiger partial charge in [0.2, 0.25) is 5.91 Å². The molecule has 3 amide bonds. The maximum atomic E-state index is 12.8. The molecule has 0 unspecified atom stereocenters. The first-order valence-electron chi connectivity index (χ1n) is 10.7. The number of thioether (sulfide) groups is 1. The lowest BCUT2D eigenvalue weighted by molar-refractivity contribution is -0.127. The largest absolute Gasteiger partial charge is 0.497 e. The van der Waals surface area contributed by atoms with Gasteiger partial charge in [-0.25, -0.2) is 0 Å². The fourth-order valence-electron chi connectivity index (χ4n) is 3.27. The van der Waals surface area contributed by atoms with Crippen molar-refractivity contribution in [1.29, 1.82) is 0 Å². The van der Waals surface area contributed by atoms with Crippen LogP contribution in [0.25, 0.3) is 6.08 Å². The van der Waals surface area contributed by atoms with Crippen molar-refractivity contribution in [1.82, 2.24) is 4.90 Å². The van der Waals surface area contributed by atoms with Crippen LogP contribution in [-0.2, 0) is 16.2 Å². The number of benzene rings is 3. The Morgan fingerprint density at radius 2 is 1.75 bits per heavy atom. The third-order valence-corrected chi connectivity index (χ3v) is 7.58. The Bertz CT molecular complexity index is 1330. The number of methoxy groups -OCH3 is 1. The Labute approximate surface area is 239 Å². The van der Waals surface area contributed by atoms with Crippen molar-refractivity contribution < 1.29 is 23.9 Å². The normalized spacial score (nSPS) is 14.3. The van der Waals surface area contributed by atoms with Gasteiger partial charge in [-0.1, -0.05) is 18.2 Å². The van der Waals surface area contributed by atoms with E-state index in [0.717, 1.165) is 40.7 Å². The van der Waals surface area contributed by atoms with Gasteiger partial charge in [-0.15, -0.1) is 0 Å². The first-order valence-corrected chi connectivity index (χ1v) is 13.7. The van der Waals surface area contributed by atoms with E-state index in [0.29, 0.717) is 18.0 Å². The van der Waals surface area contributed by atoms with Crippen LogP contribution in [0, 0.1) is 7.14 Å². The molecule has 0 bridgehead atoms. The predicted molar refractivity (Wildman–Crippen MR) is 157 cm³/mol. The quantitative estimate of drug-likeness (QED) is 0.221. The van der Waals surface area contributed by atoms with E-state index in [2.05, 4.69) is 50.5 Å². The number of imide groups is 1. The van der Waals surface area contributed by atoms with Crippen LogP contribution in [0.15, 0.2) is 71.6 Å². The molecule has 3 aromatic carbocycles. The highest BCUT2D eigenvalue weighted by molar-refractivity contribution is 14.1. The molecule has 1 aliphatic heterocycles. The van der Waals surface area contributed by atoms with Crippen molar-refractivity contribution in [3.8, 4) is 11.5 Å². The summed E-state index contributed by atoms with van der Waals surface area (Å²) in [6.07, 6.45) is 1.65. The lowest BCUT2D eigenvalue weighted by atomic mass is 10.2. The van der Waals surface area contributed by atoms with Gasteiger partial charge in [0.15, 0.2) is 0 Å². The molecule has 184 valence electrons. The number of halogens is 2. The molecule has 7 nitrogen and oxygen atoms in total. The summed E-state index contributed by atoms with van der Waals surface area (Å²) < 4.78 is 13.1. The SMILES string of the molecule is COc1ccc(NC(=O)CN2C(=O)S/C(=C/c3ccc(OCc4ccc(I)cc4)c(I)c3)C2=O)cc1. The summed E-state index contributed by atoms with van der Waals surface area (Å²) >= 11 is 5.26. The van der Waals surface area contributed by atoms with Crippen molar-refractivity contribution in [3.63, 3.8) is 0 Å². The number of rotatable bonds is 8. The Kier molecular flexibility index (Phi) is 8.90. The number of carbonyl (C=O) groups is 3.